The summed E-state index contributed by atoms with van der Waals surface area (Å²) >= 11 is 0. The van der Waals surface area contributed by atoms with E-state index in [2.05, 4.69) is 25.4 Å². The summed E-state index contributed by atoms with van der Waals surface area (Å²) in [7, 11) is 1.78. The summed E-state index contributed by atoms with van der Waals surface area (Å²) in [4.78, 5) is 9.11. The molecule has 156 valence electrons. The zero-order valence-electron chi connectivity index (χ0n) is 16.7. The highest BCUT2D eigenvalue weighted by Crippen LogP contribution is 2.21. The van der Waals surface area contributed by atoms with E-state index in [9.17, 15) is 4.39 Å². The SMILES string of the molecule is CN=C(NCCN1CCOCC1)NCC(c1ccc(F)cc1)N1CCOCC1. The lowest BCUT2D eigenvalue weighted by molar-refractivity contribution is 0.0169. The number of hydrogen-bond acceptors (Lipinski definition) is 5. The molecular weight excluding hydrogens is 361 g/mol. The number of benzene rings is 1. The minimum atomic E-state index is -0.210. The number of ether oxygens (including phenoxy) is 2. The maximum absolute atomic E-state index is 13.4. The topological polar surface area (TPSA) is 61.4 Å². The van der Waals surface area contributed by atoms with Gasteiger partial charge in [0, 0.05) is 52.9 Å². The molecule has 0 radical (unpaired) electrons. The van der Waals surface area contributed by atoms with Gasteiger partial charge in [-0.3, -0.25) is 14.8 Å². The lowest BCUT2D eigenvalue weighted by Gasteiger charge is -2.35. The summed E-state index contributed by atoms with van der Waals surface area (Å²) in [5.74, 6) is 0.576. The van der Waals surface area contributed by atoms with Crippen LogP contribution in [0.5, 0.6) is 0 Å². The van der Waals surface area contributed by atoms with Gasteiger partial charge in [-0.05, 0) is 17.7 Å². The smallest absolute Gasteiger partial charge is 0.191 e. The average molecular weight is 394 g/mol. The first-order valence-corrected chi connectivity index (χ1v) is 10.1. The number of morpholine rings is 2. The molecule has 0 aromatic heterocycles. The molecule has 0 saturated carbocycles. The van der Waals surface area contributed by atoms with Crippen LogP contribution in [0.15, 0.2) is 29.3 Å². The third-order valence-electron chi connectivity index (χ3n) is 5.25. The van der Waals surface area contributed by atoms with E-state index >= 15 is 0 Å². The van der Waals surface area contributed by atoms with Crippen LogP contribution >= 0.6 is 0 Å². The fourth-order valence-corrected chi connectivity index (χ4v) is 3.60. The minimum Gasteiger partial charge on any atom is -0.379 e. The summed E-state index contributed by atoms with van der Waals surface area (Å²) in [6, 6.07) is 6.93. The van der Waals surface area contributed by atoms with Crippen LogP contribution in [0.1, 0.15) is 11.6 Å². The van der Waals surface area contributed by atoms with E-state index in [1.54, 1.807) is 7.05 Å². The van der Waals surface area contributed by atoms with Gasteiger partial charge in [0.05, 0.1) is 32.5 Å². The third-order valence-corrected chi connectivity index (χ3v) is 5.25. The zero-order chi connectivity index (χ0) is 19.6. The molecule has 0 aliphatic carbocycles. The molecule has 2 saturated heterocycles. The van der Waals surface area contributed by atoms with Gasteiger partial charge in [0.15, 0.2) is 5.96 Å². The maximum Gasteiger partial charge on any atom is 0.191 e. The van der Waals surface area contributed by atoms with Crippen molar-refractivity contribution < 1.29 is 13.9 Å². The van der Waals surface area contributed by atoms with Crippen molar-refractivity contribution in [3.8, 4) is 0 Å². The molecule has 3 rings (SSSR count). The van der Waals surface area contributed by atoms with Crippen LogP contribution in [-0.4, -0.2) is 95.0 Å². The Kier molecular flexibility index (Phi) is 8.47. The highest BCUT2D eigenvalue weighted by molar-refractivity contribution is 5.79. The first kappa shape index (κ1) is 21.0. The average Bonchev–Trinajstić information content (AvgIpc) is 2.75. The quantitative estimate of drug-likeness (QED) is 0.525. The van der Waals surface area contributed by atoms with Gasteiger partial charge in [-0.15, -0.1) is 0 Å². The van der Waals surface area contributed by atoms with E-state index < -0.39 is 0 Å². The van der Waals surface area contributed by atoms with Crippen molar-refractivity contribution in [1.82, 2.24) is 20.4 Å². The van der Waals surface area contributed by atoms with Crippen molar-refractivity contribution in [1.29, 1.82) is 0 Å². The molecule has 2 heterocycles. The molecule has 0 spiro atoms. The van der Waals surface area contributed by atoms with Gasteiger partial charge in [0.25, 0.3) is 0 Å². The Morgan fingerprint density at radius 3 is 2.32 bits per heavy atom. The minimum absolute atomic E-state index is 0.141. The van der Waals surface area contributed by atoms with E-state index in [-0.39, 0.29) is 11.9 Å². The maximum atomic E-state index is 13.4. The van der Waals surface area contributed by atoms with Crippen LogP contribution in [0.2, 0.25) is 0 Å². The van der Waals surface area contributed by atoms with Crippen LogP contribution in [0, 0.1) is 5.82 Å². The van der Waals surface area contributed by atoms with E-state index in [1.807, 2.05) is 12.1 Å². The summed E-state index contributed by atoms with van der Waals surface area (Å²) in [6.07, 6.45) is 0. The Bertz CT molecular complexity index is 601. The first-order chi connectivity index (χ1) is 13.8. The van der Waals surface area contributed by atoms with Gasteiger partial charge in [-0.25, -0.2) is 4.39 Å². The standard InChI is InChI=1S/C20H32FN5O2/c1-22-20(23-6-7-25-8-12-27-13-9-25)24-16-19(26-10-14-28-15-11-26)17-2-4-18(21)5-3-17/h2-5,19H,6-16H2,1H3,(H2,22,23,24). The summed E-state index contributed by atoms with van der Waals surface area (Å²) in [6.45, 7) is 9.27. The molecule has 1 unspecified atom stereocenters. The predicted molar refractivity (Wildman–Crippen MR) is 108 cm³/mol. The van der Waals surface area contributed by atoms with Crippen molar-refractivity contribution in [3.63, 3.8) is 0 Å². The van der Waals surface area contributed by atoms with E-state index in [4.69, 9.17) is 9.47 Å². The fourth-order valence-electron chi connectivity index (χ4n) is 3.60. The lowest BCUT2D eigenvalue weighted by atomic mass is 10.0. The Hall–Kier alpha value is -1.74. The second kappa shape index (κ2) is 11.3. The number of halogens is 1. The van der Waals surface area contributed by atoms with Crippen LogP contribution in [-0.2, 0) is 9.47 Å². The van der Waals surface area contributed by atoms with Gasteiger partial charge < -0.3 is 20.1 Å². The number of hydrogen-bond donors (Lipinski definition) is 2. The summed E-state index contributed by atoms with van der Waals surface area (Å²) < 4.78 is 24.2. The van der Waals surface area contributed by atoms with Crippen molar-refractivity contribution in [2.45, 2.75) is 6.04 Å². The first-order valence-electron chi connectivity index (χ1n) is 10.1. The van der Waals surface area contributed by atoms with Crippen molar-refractivity contribution in [3.05, 3.63) is 35.6 Å². The predicted octanol–water partition coefficient (Wildman–Crippen LogP) is 0.696. The highest BCUT2D eigenvalue weighted by atomic mass is 19.1. The Balaban J connectivity index is 1.52. The van der Waals surface area contributed by atoms with Crippen LogP contribution in [0.3, 0.4) is 0 Å². The molecule has 1 aromatic carbocycles. The van der Waals surface area contributed by atoms with Crippen LogP contribution in [0.4, 0.5) is 4.39 Å². The lowest BCUT2D eigenvalue weighted by Crippen LogP contribution is -2.48. The van der Waals surface area contributed by atoms with E-state index in [0.717, 1.165) is 77.2 Å². The zero-order valence-corrected chi connectivity index (χ0v) is 16.7. The molecule has 1 atom stereocenters. The fraction of sp³-hybridized carbons (Fsp3) is 0.650. The molecule has 1 aromatic rings. The summed E-state index contributed by atoms with van der Waals surface area (Å²) in [5.41, 5.74) is 1.10. The molecule has 0 amide bonds. The molecule has 2 fully saturated rings. The second-order valence-electron chi connectivity index (χ2n) is 7.05. The molecule has 2 aliphatic rings. The number of aliphatic imine (C=N–C) groups is 1. The van der Waals surface area contributed by atoms with Gasteiger partial charge in [0.1, 0.15) is 5.82 Å². The molecular formula is C20H32FN5O2. The monoisotopic (exact) mass is 393 g/mol. The van der Waals surface area contributed by atoms with Crippen molar-refractivity contribution in [2.75, 3.05) is 79.3 Å². The van der Waals surface area contributed by atoms with Crippen molar-refractivity contribution >= 4 is 5.96 Å². The Morgan fingerprint density at radius 1 is 1.04 bits per heavy atom. The Labute approximate surface area is 166 Å². The molecule has 28 heavy (non-hydrogen) atoms. The summed E-state index contributed by atoms with van der Waals surface area (Å²) in [5, 5.41) is 6.83. The third kappa shape index (κ3) is 6.41. The van der Waals surface area contributed by atoms with E-state index in [1.165, 1.54) is 12.1 Å². The highest BCUT2D eigenvalue weighted by Gasteiger charge is 2.23. The molecule has 2 N–H and O–H groups in total. The number of guanidine groups is 1. The molecule has 7 nitrogen and oxygen atoms in total. The molecule has 2 aliphatic heterocycles. The van der Waals surface area contributed by atoms with Gasteiger partial charge in [-0.1, -0.05) is 12.1 Å². The largest absolute Gasteiger partial charge is 0.379 e. The van der Waals surface area contributed by atoms with Crippen LogP contribution < -0.4 is 10.6 Å². The van der Waals surface area contributed by atoms with E-state index in [0.29, 0.717) is 6.54 Å². The second-order valence-corrected chi connectivity index (χ2v) is 7.05. The number of nitrogens with zero attached hydrogens (tertiary/aromatic N) is 3. The van der Waals surface area contributed by atoms with Crippen LogP contribution in [0.25, 0.3) is 0 Å². The number of nitrogens with one attached hydrogen (secondary N) is 2. The molecule has 0 bridgehead atoms. The Morgan fingerprint density at radius 2 is 1.68 bits per heavy atom. The van der Waals surface area contributed by atoms with Crippen molar-refractivity contribution in [2.24, 2.45) is 4.99 Å². The number of rotatable bonds is 7. The van der Waals surface area contributed by atoms with Gasteiger partial charge in [-0.2, -0.15) is 0 Å². The van der Waals surface area contributed by atoms with Gasteiger partial charge >= 0.3 is 0 Å². The van der Waals surface area contributed by atoms with Gasteiger partial charge in [0.2, 0.25) is 0 Å². The molecule has 8 heteroatoms. The normalized spacial score (nSPS) is 20.7.